The molecule has 1 aliphatic heterocycles. The zero-order chi connectivity index (χ0) is 16.1. The van der Waals surface area contributed by atoms with Crippen molar-refractivity contribution in [3.63, 3.8) is 0 Å². The predicted octanol–water partition coefficient (Wildman–Crippen LogP) is 1.33. The average Bonchev–Trinajstić information content (AvgIpc) is 2.54. The van der Waals surface area contributed by atoms with E-state index in [1.54, 1.807) is 19.2 Å². The lowest BCUT2D eigenvalue weighted by Gasteiger charge is -2.34. The Kier molecular flexibility index (Phi) is 5.88. The van der Waals surface area contributed by atoms with Crippen LogP contribution in [0.25, 0.3) is 0 Å². The summed E-state index contributed by atoms with van der Waals surface area (Å²) in [6.07, 6.45) is 0. The summed E-state index contributed by atoms with van der Waals surface area (Å²) in [5, 5.41) is 0.364. The zero-order valence-electron chi connectivity index (χ0n) is 13.0. The van der Waals surface area contributed by atoms with Crippen LogP contribution in [0, 0.1) is 0 Å². The normalized spacial score (nSPS) is 15.9. The molecule has 1 fully saturated rings. The molecule has 122 valence electrons. The molecule has 0 bridgehead atoms. The van der Waals surface area contributed by atoms with Crippen molar-refractivity contribution < 1.29 is 14.3 Å². The first-order valence-corrected chi connectivity index (χ1v) is 7.58. The van der Waals surface area contributed by atoms with Gasteiger partial charge >= 0.3 is 0 Å². The molecule has 0 unspecified atom stereocenters. The van der Waals surface area contributed by atoms with Crippen LogP contribution in [0.5, 0.6) is 5.75 Å². The molecule has 0 aliphatic carbocycles. The van der Waals surface area contributed by atoms with Gasteiger partial charge in [-0.2, -0.15) is 0 Å². The standard InChI is InChI=1S/C15H22ClN3O3/c1-21-8-7-18-3-5-19(6-4-18)15(20)11-9-12(16)13(17)10-14(11)22-2/h9-10H,3-8,17H2,1-2H3. The second-order valence-electron chi connectivity index (χ2n) is 5.20. The van der Waals surface area contributed by atoms with Crippen molar-refractivity contribution in [1.29, 1.82) is 0 Å². The summed E-state index contributed by atoms with van der Waals surface area (Å²) >= 11 is 6.03. The molecule has 1 aliphatic rings. The Morgan fingerprint density at radius 2 is 1.95 bits per heavy atom. The highest BCUT2D eigenvalue weighted by Crippen LogP contribution is 2.29. The van der Waals surface area contributed by atoms with Crippen LogP contribution in [0.2, 0.25) is 5.02 Å². The van der Waals surface area contributed by atoms with Gasteiger partial charge in [0.15, 0.2) is 0 Å². The summed E-state index contributed by atoms with van der Waals surface area (Å²) < 4.78 is 10.3. The molecule has 0 saturated carbocycles. The SMILES string of the molecule is COCCN1CCN(C(=O)c2cc(Cl)c(N)cc2OC)CC1. The van der Waals surface area contributed by atoms with Crippen molar-refractivity contribution in [1.82, 2.24) is 9.80 Å². The lowest BCUT2D eigenvalue weighted by atomic mass is 10.1. The van der Waals surface area contributed by atoms with Crippen LogP contribution < -0.4 is 10.5 Å². The first-order chi connectivity index (χ1) is 10.6. The van der Waals surface area contributed by atoms with E-state index in [1.165, 1.54) is 7.11 Å². The fourth-order valence-corrected chi connectivity index (χ4v) is 2.63. The van der Waals surface area contributed by atoms with Crippen LogP contribution in [0.1, 0.15) is 10.4 Å². The number of hydrogen-bond donors (Lipinski definition) is 1. The molecule has 2 N–H and O–H groups in total. The number of anilines is 1. The monoisotopic (exact) mass is 327 g/mol. The number of nitrogens with zero attached hydrogens (tertiary/aromatic N) is 2. The Balaban J connectivity index is 2.05. The number of amides is 1. The van der Waals surface area contributed by atoms with Crippen molar-refractivity contribution in [2.24, 2.45) is 0 Å². The van der Waals surface area contributed by atoms with E-state index >= 15 is 0 Å². The Bertz CT molecular complexity index is 531. The van der Waals surface area contributed by atoms with Crippen LogP contribution in [0.15, 0.2) is 12.1 Å². The highest BCUT2D eigenvalue weighted by molar-refractivity contribution is 6.33. The highest BCUT2D eigenvalue weighted by atomic mass is 35.5. The van der Waals surface area contributed by atoms with Crippen LogP contribution in [-0.2, 0) is 4.74 Å². The minimum absolute atomic E-state index is 0.0786. The number of carbonyl (C=O) groups excluding carboxylic acids is 1. The Hall–Kier alpha value is -1.50. The van der Waals surface area contributed by atoms with E-state index in [2.05, 4.69) is 4.90 Å². The average molecular weight is 328 g/mol. The van der Waals surface area contributed by atoms with Crippen LogP contribution in [-0.4, -0.2) is 69.3 Å². The summed E-state index contributed by atoms with van der Waals surface area (Å²) in [5.41, 5.74) is 6.61. The molecular formula is C15H22ClN3O3. The van der Waals surface area contributed by atoms with Gasteiger partial charge in [0.05, 0.1) is 30.0 Å². The number of ether oxygens (including phenoxy) is 2. The molecule has 1 heterocycles. The highest BCUT2D eigenvalue weighted by Gasteiger charge is 2.24. The Labute approximate surface area is 135 Å². The molecule has 2 rings (SSSR count). The molecule has 1 aromatic carbocycles. The molecule has 1 amide bonds. The van der Waals surface area contributed by atoms with Gasteiger partial charge in [-0.05, 0) is 6.07 Å². The minimum Gasteiger partial charge on any atom is -0.496 e. The maximum absolute atomic E-state index is 12.7. The maximum Gasteiger partial charge on any atom is 0.257 e. The van der Waals surface area contributed by atoms with Crippen molar-refractivity contribution in [3.05, 3.63) is 22.7 Å². The third-order valence-electron chi connectivity index (χ3n) is 3.82. The van der Waals surface area contributed by atoms with Gasteiger partial charge in [-0.3, -0.25) is 9.69 Å². The number of carbonyl (C=O) groups is 1. The van der Waals surface area contributed by atoms with Crippen LogP contribution in [0.3, 0.4) is 0 Å². The number of hydrogen-bond acceptors (Lipinski definition) is 5. The molecule has 0 aromatic heterocycles. The zero-order valence-corrected chi connectivity index (χ0v) is 13.7. The number of methoxy groups -OCH3 is 2. The molecule has 0 radical (unpaired) electrons. The maximum atomic E-state index is 12.7. The van der Waals surface area contributed by atoms with Crippen LogP contribution in [0.4, 0.5) is 5.69 Å². The summed E-state index contributed by atoms with van der Waals surface area (Å²) in [7, 11) is 3.21. The first-order valence-electron chi connectivity index (χ1n) is 7.20. The molecular weight excluding hydrogens is 306 g/mol. The predicted molar refractivity (Wildman–Crippen MR) is 86.6 cm³/mol. The van der Waals surface area contributed by atoms with Crippen molar-refractivity contribution in [3.8, 4) is 5.75 Å². The van der Waals surface area contributed by atoms with E-state index in [0.29, 0.717) is 41.7 Å². The number of nitrogen functional groups attached to an aromatic ring is 1. The fourth-order valence-electron chi connectivity index (χ4n) is 2.47. The van der Waals surface area contributed by atoms with Gasteiger partial charge in [-0.1, -0.05) is 11.6 Å². The largest absolute Gasteiger partial charge is 0.496 e. The van der Waals surface area contributed by atoms with Crippen LogP contribution >= 0.6 is 11.6 Å². The number of piperazine rings is 1. The summed E-state index contributed by atoms with van der Waals surface area (Å²) in [6, 6.07) is 3.17. The minimum atomic E-state index is -0.0786. The molecule has 1 saturated heterocycles. The lowest BCUT2D eigenvalue weighted by molar-refractivity contribution is 0.0591. The van der Waals surface area contributed by atoms with Crippen molar-refractivity contribution in [2.45, 2.75) is 0 Å². The third kappa shape index (κ3) is 3.82. The van der Waals surface area contributed by atoms with E-state index in [-0.39, 0.29) is 5.91 Å². The van der Waals surface area contributed by atoms with Crippen molar-refractivity contribution in [2.75, 3.05) is 59.3 Å². The second kappa shape index (κ2) is 7.67. The second-order valence-corrected chi connectivity index (χ2v) is 5.61. The van der Waals surface area contributed by atoms with E-state index in [1.807, 2.05) is 4.90 Å². The van der Waals surface area contributed by atoms with Gasteiger partial charge in [-0.25, -0.2) is 0 Å². The lowest BCUT2D eigenvalue weighted by Crippen LogP contribution is -2.49. The summed E-state index contributed by atoms with van der Waals surface area (Å²) in [6.45, 7) is 4.60. The molecule has 6 nitrogen and oxygen atoms in total. The van der Waals surface area contributed by atoms with Gasteiger partial charge in [0.1, 0.15) is 5.75 Å². The van der Waals surface area contributed by atoms with Gasteiger partial charge in [0, 0.05) is 45.9 Å². The van der Waals surface area contributed by atoms with Gasteiger partial charge in [0.2, 0.25) is 0 Å². The fraction of sp³-hybridized carbons (Fsp3) is 0.533. The van der Waals surface area contributed by atoms with E-state index in [0.717, 1.165) is 19.6 Å². The molecule has 0 spiro atoms. The summed E-state index contributed by atoms with van der Waals surface area (Å²) in [5.74, 6) is 0.374. The Morgan fingerprint density at radius 1 is 1.27 bits per heavy atom. The van der Waals surface area contributed by atoms with Crippen molar-refractivity contribution >= 4 is 23.2 Å². The smallest absolute Gasteiger partial charge is 0.257 e. The number of benzene rings is 1. The van der Waals surface area contributed by atoms with E-state index in [4.69, 9.17) is 26.8 Å². The summed E-state index contributed by atoms with van der Waals surface area (Å²) in [4.78, 5) is 16.8. The number of nitrogens with two attached hydrogens (primary N) is 1. The Morgan fingerprint density at radius 3 is 2.55 bits per heavy atom. The number of halogens is 1. The van der Waals surface area contributed by atoms with E-state index < -0.39 is 0 Å². The molecule has 0 atom stereocenters. The molecule has 22 heavy (non-hydrogen) atoms. The van der Waals surface area contributed by atoms with E-state index in [9.17, 15) is 4.79 Å². The molecule has 1 aromatic rings. The van der Waals surface area contributed by atoms with Gasteiger partial charge in [0.25, 0.3) is 5.91 Å². The third-order valence-corrected chi connectivity index (χ3v) is 4.15. The quantitative estimate of drug-likeness (QED) is 0.826. The first kappa shape index (κ1) is 16.9. The van der Waals surface area contributed by atoms with Gasteiger partial charge in [-0.15, -0.1) is 0 Å². The number of rotatable bonds is 5. The topological polar surface area (TPSA) is 68.0 Å². The molecule has 7 heteroatoms. The van der Waals surface area contributed by atoms with Gasteiger partial charge < -0.3 is 20.1 Å².